The van der Waals surface area contributed by atoms with E-state index < -0.39 is 0 Å². The van der Waals surface area contributed by atoms with Crippen molar-refractivity contribution in [1.29, 1.82) is 0 Å². The zero-order valence-electron chi connectivity index (χ0n) is 8.79. The van der Waals surface area contributed by atoms with E-state index in [0.29, 0.717) is 17.8 Å². The predicted molar refractivity (Wildman–Crippen MR) is 56.5 cm³/mol. The Morgan fingerprint density at radius 1 is 1.36 bits per heavy atom. The predicted octanol–water partition coefficient (Wildman–Crippen LogP) is 2.43. The molecule has 0 unspecified atom stereocenters. The third-order valence-electron chi connectivity index (χ3n) is 3.64. The number of rotatable bonds is 0. The van der Waals surface area contributed by atoms with Crippen molar-refractivity contribution in [2.75, 3.05) is 0 Å². The van der Waals surface area contributed by atoms with Gasteiger partial charge in [0, 0.05) is 12.3 Å². The molecule has 0 heterocycles. The lowest BCUT2D eigenvalue weighted by atomic mass is 9.69. The standard InChI is InChI=1S/C13H16O/c1-9-7-8-11-5-3-4-6-12(14)13(11)10(9)2/h7-11,13H,3,5H2,1-2H3/t9-,10+,11+,13-/m1/s1. The second kappa shape index (κ2) is 3.61. The summed E-state index contributed by atoms with van der Waals surface area (Å²) in [5.41, 5.74) is 0. The Labute approximate surface area is 85.6 Å². The van der Waals surface area contributed by atoms with Crippen molar-refractivity contribution in [2.24, 2.45) is 23.7 Å². The van der Waals surface area contributed by atoms with Gasteiger partial charge in [-0.05, 0) is 30.1 Å². The van der Waals surface area contributed by atoms with Gasteiger partial charge in [0.1, 0.15) is 0 Å². The van der Waals surface area contributed by atoms with Gasteiger partial charge in [0.2, 0.25) is 5.78 Å². The summed E-state index contributed by atoms with van der Waals surface area (Å²) < 4.78 is 0. The van der Waals surface area contributed by atoms with Crippen LogP contribution >= 0.6 is 0 Å². The number of hydrogen-bond donors (Lipinski definition) is 0. The molecule has 0 bridgehead atoms. The van der Waals surface area contributed by atoms with E-state index in [4.69, 9.17) is 0 Å². The molecule has 2 rings (SSSR count). The fourth-order valence-corrected chi connectivity index (χ4v) is 2.51. The highest BCUT2D eigenvalue weighted by Gasteiger charge is 2.36. The monoisotopic (exact) mass is 188 g/mol. The third kappa shape index (κ3) is 1.50. The number of fused-ring (bicyclic) bond motifs is 1. The quantitative estimate of drug-likeness (QED) is 0.324. The Hall–Kier alpha value is -1.03. The molecule has 1 nitrogen and oxygen atoms in total. The highest BCUT2D eigenvalue weighted by Crippen LogP contribution is 2.37. The molecule has 0 spiro atoms. The number of allylic oxidation sites excluding steroid dienone is 2. The summed E-state index contributed by atoms with van der Waals surface area (Å²) in [5.74, 6) is 7.44. The van der Waals surface area contributed by atoms with Gasteiger partial charge in [0.05, 0.1) is 0 Å². The van der Waals surface area contributed by atoms with Crippen molar-refractivity contribution in [3.63, 3.8) is 0 Å². The molecule has 0 saturated heterocycles. The molecule has 0 saturated carbocycles. The summed E-state index contributed by atoms with van der Waals surface area (Å²) in [4.78, 5) is 11.8. The lowest BCUT2D eigenvalue weighted by molar-refractivity contribution is -0.120. The molecule has 0 radical (unpaired) electrons. The smallest absolute Gasteiger partial charge is 0.209 e. The van der Waals surface area contributed by atoms with E-state index in [2.05, 4.69) is 37.8 Å². The minimum Gasteiger partial charge on any atom is -0.285 e. The SMILES string of the molecule is C[C@@H]1[C@H]2C(=O)C#CCC[C@H]2C=C[C@H]1C. The third-order valence-corrected chi connectivity index (χ3v) is 3.64. The largest absolute Gasteiger partial charge is 0.285 e. The molecule has 1 heteroatoms. The summed E-state index contributed by atoms with van der Waals surface area (Å²) in [7, 11) is 0. The number of hydrogen-bond acceptors (Lipinski definition) is 1. The van der Waals surface area contributed by atoms with Gasteiger partial charge in [-0.15, -0.1) is 0 Å². The highest BCUT2D eigenvalue weighted by molar-refractivity contribution is 5.98. The Kier molecular flexibility index (Phi) is 2.46. The summed E-state index contributed by atoms with van der Waals surface area (Å²) >= 11 is 0. The van der Waals surface area contributed by atoms with Gasteiger partial charge in [0.15, 0.2) is 0 Å². The van der Waals surface area contributed by atoms with Crippen LogP contribution in [0.5, 0.6) is 0 Å². The number of Topliss-reactive ketones (excluding diaryl/α,β-unsaturated/α-hetero) is 1. The molecule has 0 aromatic heterocycles. The van der Waals surface area contributed by atoms with E-state index in [1.54, 1.807) is 0 Å². The zero-order chi connectivity index (χ0) is 10.1. The minimum absolute atomic E-state index is 0.157. The summed E-state index contributed by atoms with van der Waals surface area (Å²) in [6, 6.07) is 0. The Bertz CT molecular complexity index is 329. The van der Waals surface area contributed by atoms with Crippen LogP contribution in [0, 0.1) is 35.5 Å². The van der Waals surface area contributed by atoms with E-state index in [1.165, 1.54) is 0 Å². The van der Waals surface area contributed by atoms with Crippen LogP contribution in [-0.2, 0) is 4.79 Å². The average Bonchev–Trinajstić information content (AvgIpc) is 2.35. The van der Waals surface area contributed by atoms with Crippen molar-refractivity contribution in [1.82, 2.24) is 0 Å². The molecule has 0 aromatic carbocycles. The fraction of sp³-hybridized carbons (Fsp3) is 0.615. The topological polar surface area (TPSA) is 17.1 Å². The van der Waals surface area contributed by atoms with Crippen LogP contribution in [0.3, 0.4) is 0 Å². The summed E-state index contributed by atoms with van der Waals surface area (Å²) in [6.45, 7) is 4.36. The molecule has 4 atom stereocenters. The Balaban J connectivity index is 2.31. The first-order valence-electron chi connectivity index (χ1n) is 5.41. The number of ketones is 1. The van der Waals surface area contributed by atoms with Crippen molar-refractivity contribution in [3.8, 4) is 11.8 Å². The first-order valence-corrected chi connectivity index (χ1v) is 5.41. The van der Waals surface area contributed by atoms with E-state index in [-0.39, 0.29) is 11.7 Å². The van der Waals surface area contributed by atoms with Crippen LogP contribution in [-0.4, -0.2) is 5.78 Å². The second-order valence-corrected chi connectivity index (χ2v) is 4.50. The molecule has 0 aromatic rings. The molecular formula is C13H16O. The fourth-order valence-electron chi connectivity index (χ4n) is 2.51. The van der Waals surface area contributed by atoms with Crippen molar-refractivity contribution >= 4 is 5.78 Å². The van der Waals surface area contributed by atoms with Gasteiger partial charge < -0.3 is 0 Å². The maximum absolute atomic E-state index is 11.8. The Morgan fingerprint density at radius 2 is 2.14 bits per heavy atom. The molecule has 0 amide bonds. The van der Waals surface area contributed by atoms with Crippen LogP contribution in [0.15, 0.2) is 12.2 Å². The van der Waals surface area contributed by atoms with Crippen LogP contribution in [0.1, 0.15) is 26.7 Å². The summed E-state index contributed by atoms with van der Waals surface area (Å²) in [5, 5.41) is 0. The molecule has 14 heavy (non-hydrogen) atoms. The normalized spacial score (nSPS) is 40.9. The molecule has 0 aliphatic heterocycles. The van der Waals surface area contributed by atoms with Crippen LogP contribution < -0.4 is 0 Å². The van der Waals surface area contributed by atoms with Gasteiger partial charge in [-0.3, -0.25) is 4.79 Å². The lowest BCUT2D eigenvalue weighted by Crippen LogP contribution is -2.33. The maximum atomic E-state index is 11.8. The highest BCUT2D eigenvalue weighted by atomic mass is 16.1. The average molecular weight is 188 g/mol. The maximum Gasteiger partial charge on any atom is 0.209 e. The molecule has 0 N–H and O–H groups in total. The Morgan fingerprint density at radius 3 is 2.93 bits per heavy atom. The van der Waals surface area contributed by atoms with Crippen molar-refractivity contribution in [3.05, 3.63) is 12.2 Å². The lowest BCUT2D eigenvalue weighted by Gasteiger charge is -2.33. The second-order valence-electron chi connectivity index (χ2n) is 4.50. The van der Waals surface area contributed by atoms with E-state index in [9.17, 15) is 4.79 Å². The molecular weight excluding hydrogens is 172 g/mol. The van der Waals surface area contributed by atoms with Gasteiger partial charge in [-0.1, -0.05) is 31.9 Å². The van der Waals surface area contributed by atoms with E-state index in [1.807, 2.05) is 0 Å². The van der Waals surface area contributed by atoms with Crippen LogP contribution in [0.25, 0.3) is 0 Å². The summed E-state index contributed by atoms with van der Waals surface area (Å²) in [6.07, 6.45) is 6.40. The van der Waals surface area contributed by atoms with Crippen LogP contribution in [0.2, 0.25) is 0 Å². The van der Waals surface area contributed by atoms with Crippen LogP contribution in [0.4, 0.5) is 0 Å². The number of carbonyl (C=O) groups is 1. The minimum atomic E-state index is 0.157. The van der Waals surface area contributed by atoms with Gasteiger partial charge >= 0.3 is 0 Å². The van der Waals surface area contributed by atoms with Crippen molar-refractivity contribution in [2.45, 2.75) is 26.7 Å². The van der Waals surface area contributed by atoms with Gasteiger partial charge in [-0.25, -0.2) is 0 Å². The zero-order valence-corrected chi connectivity index (χ0v) is 8.79. The van der Waals surface area contributed by atoms with Gasteiger partial charge in [-0.2, -0.15) is 0 Å². The molecule has 74 valence electrons. The van der Waals surface area contributed by atoms with Crippen molar-refractivity contribution < 1.29 is 4.79 Å². The molecule has 2 aliphatic rings. The molecule has 2 aliphatic carbocycles. The number of carbonyl (C=O) groups excluding carboxylic acids is 1. The first-order chi connectivity index (χ1) is 6.70. The first kappa shape index (κ1) is 9.52. The van der Waals surface area contributed by atoms with E-state index in [0.717, 1.165) is 12.8 Å². The van der Waals surface area contributed by atoms with Gasteiger partial charge in [0.25, 0.3) is 0 Å². The molecule has 0 fully saturated rings. The van der Waals surface area contributed by atoms with E-state index >= 15 is 0 Å².